The van der Waals surface area contributed by atoms with E-state index in [0.29, 0.717) is 17.2 Å². The van der Waals surface area contributed by atoms with Gasteiger partial charge < -0.3 is 9.84 Å². The lowest BCUT2D eigenvalue weighted by Crippen LogP contribution is -2.12. The Morgan fingerprint density at radius 1 is 1.00 bits per heavy atom. The van der Waals surface area contributed by atoms with Crippen molar-refractivity contribution < 1.29 is 27.0 Å². The van der Waals surface area contributed by atoms with Crippen LogP contribution in [0, 0.1) is 11.6 Å². The number of sulfonamides is 1. The molecule has 10 heteroatoms. The zero-order valence-corrected chi connectivity index (χ0v) is 13.7. The number of primary sulfonamides is 1. The summed E-state index contributed by atoms with van der Waals surface area (Å²) < 4.78 is 54.5. The van der Waals surface area contributed by atoms with E-state index in [2.05, 4.69) is 9.97 Å². The molecule has 26 heavy (non-hydrogen) atoms. The molecule has 0 amide bonds. The molecule has 0 spiro atoms. The largest absolute Gasteiger partial charge is 0.507 e. The van der Waals surface area contributed by atoms with Crippen LogP contribution >= 0.6 is 0 Å². The lowest BCUT2D eigenvalue weighted by Gasteiger charge is -2.07. The minimum atomic E-state index is -4.11. The molecule has 0 aliphatic carbocycles. The summed E-state index contributed by atoms with van der Waals surface area (Å²) in [6.07, 6.45) is 2.62. The molecule has 2 aromatic carbocycles. The fraction of sp³-hybridized carbons (Fsp3) is 0. The summed E-state index contributed by atoms with van der Waals surface area (Å²) in [6.45, 7) is 0. The first-order chi connectivity index (χ1) is 12.2. The van der Waals surface area contributed by atoms with Gasteiger partial charge in [0.2, 0.25) is 10.0 Å². The smallest absolute Gasteiger partial charge is 0.321 e. The molecular weight excluding hydrogens is 368 g/mol. The first-order valence-electron chi connectivity index (χ1n) is 7.05. The third-order valence-corrected chi connectivity index (χ3v) is 4.26. The fourth-order valence-corrected chi connectivity index (χ4v) is 2.75. The fourth-order valence-electron chi connectivity index (χ4n) is 2.10. The van der Waals surface area contributed by atoms with E-state index in [-0.39, 0.29) is 11.8 Å². The zero-order chi connectivity index (χ0) is 18.9. The minimum absolute atomic E-state index is 0.190. The van der Waals surface area contributed by atoms with E-state index >= 15 is 0 Å². The number of hydrogen-bond acceptors (Lipinski definition) is 6. The Bertz CT molecular complexity index is 1070. The van der Waals surface area contributed by atoms with Crippen molar-refractivity contribution in [2.24, 2.45) is 5.14 Å². The highest BCUT2D eigenvalue weighted by atomic mass is 32.2. The first-order valence-corrected chi connectivity index (χ1v) is 8.60. The molecule has 0 fully saturated rings. The van der Waals surface area contributed by atoms with Gasteiger partial charge in [0.25, 0.3) is 0 Å². The van der Waals surface area contributed by atoms with Crippen LogP contribution in [0.2, 0.25) is 0 Å². The number of hydrogen-bond donors (Lipinski definition) is 2. The van der Waals surface area contributed by atoms with Crippen molar-refractivity contribution in [3.8, 4) is 28.6 Å². The van der Waals surface area contributed by atoms with Crippen molar-refractivity contribution in [2.45, 2.75) is 4.90 Å². The molecule has 3 rings (SSSR count). The van der Waals surface area contributed by atoms with Crippen molar-refractivity contribution in [3.05, 3.63) is 60.4 Å². The third kappa shape index (κ3) is 3.76. The Morgan fingerprint density at radius 3 is 2.31 bits per heavy atom. The number of nitrogens with zero attached hydrogens (tertiary/aromatic N) is 2. The molecular formula is C16H11F2N3O4S. The first kappa shape index (κ1) is 17.7. The number of rotatable bonds is 4. The molecule has 1 heterocycles. The lowest BCUT2D eigenvalue weighted by molar-refractivity contribution is 0.408. The Balaban J connectivity index is 1.88. The quantitative estimate of drug-likeness (QED) is 0.720. The second kappa shape index (κ2) is 6.65. The summed E-state index contributed by atoms with van der Waals surface area (Å²) >= 11 is 0. The van der Waals surface area contributed by atoms with Gasteiger partial charge in [-0.15, -0.1) is 0 Å². The minimum Gasteiger partial charge on any atom is -0.507 e. The van der Waals surface area contributed by atoms with Crippen molar-refractivity contribution in [1.82, 2.24) is 9.97 Å². The van der Waals surface area contributed by atoms with Crippen LogP contribution in [0.1, 0.15) is 0 Å². The van der Waals surface area contributed by atoms with Crippen LogP contribution in [0.15, 0.2) is 53.7 Å². The van der Waals surface area contributed by atoms with E-state index in [4.69, 9.17) is 9.88 Å². The predicted octanol–water partition coefficient (Wildman–Crippen LogP) is 2.57. The maximum absolute atomic E-state index is 13.6. The van der Waals surface area contributed by atoms with Gasteiger partial charge >= 0.3 is 6.01 Å². The molecule has 0 saturated carbocycles. The van der Waals surface area contributed by atoms with Gasteiger partial charge in [-0.1, -0.05) is 6.07 Å². The highest BCUT2D eigenvalue weighted by Crippen LogP contribution is 2.29. The highest BCUT2D eigenvalue weighted by molar-refractivity contribution is 7.89. The summed E-state index contributed by atoms with van der Waals surface area (Å²) in [5, 5.41) is 14.6. The van der Waals surface area contributed by atoms with Crippen molar-refractivity contribution in [3.63, 3.8) is 0 Å². The molecule has 0 atom stereocenters. The molecule has 3 N–H and O–H groups in total. The van der Waals surface area contributed by atoms with Crippen molar-refractivity contribution in [2.75, 3.05) is 0 Å². The van der Waals surface area contributed by atoms with E-state index in [9.17, 15) is 22.3 Å². The van der Waals surface area contributed by atoms with Crippen molar-refractivity contribution in [1.29, 1.82) is 0 Å². The molecule has 134 valence electrons. The lowest BCUT2D eigenvalue weighted by atomic mass is 10.1. The van der Waals surface area contributed by atoms with E-state index in [0.717, 1.165) is 12.1 Å². The Labute approximate surface area is 146 Å². The number of phenolic OH excluding ortho intramolecular Hbond substituents is 1. The second-order valence-electron chi connectivity index (χ2n) is 5.16. The van der Waals surface area contributed by atoms with Crippen LogP contribution < -0.4 is 9.88 Å². The van der Waals surface area contributed by atoms with Gasteiger partial charge in [0, 0.05) is 24.0 Å². The van der Waals surface area contributed by atoms with Gasteiger partial charge in [0.1, 0.15) is 16.5 Å². The summed E-state index contributed by atoms with van der Waals surface area (Å²) in [6, 6.07) is 6.39. The van der Waals surface area contributed by atoms with Gasteiger partial charge in [-0.25, -0.2) is 32.3 Å². The average molecular weight is 379 g/mol. The molecule has 1 aromatic heterocycles. The maximum Gasteiger partial charge on any atom is 0.321 e. The Kier molecular flexibility index (Phi) is 4.53. The number of benzene rings is 2. The Hall–Kier alpha value is -3.11. The van der Waals surface area contributed by atoms with Gasteiger partial charge in [0.05, 0.1) is 0 Å². The SMILES string of the molecule is NS(=O)(=O)c1cc(-c2cnc(Oc3ccc(F)cc3F)nc2)ccc1O. The van der Waals surface area contributed by atoms with Crippen LogP contribution in [0.3, 0.4) is 0 Å². The number of halogens is 2. The standard InChI is InChI=1S/C16H11F2N3O4S/c17-11-2-4-14(12(18)6-11)25-16-20-7-10(8-21-16)9-1-3-13(22)15(5-9)26(19,23)24/h1-8,22H,(H2,19,23,24). The monoisotopic (exact) mass is 379 g/mol. The van der Waals surface area contributed by atoms with E-state index < -0.39 is 32.3 Å². The summed E-state index contributed by atoms with van der Waals surface area (Å²) in [4.78, 5) is 7.34. The predicted molar refractivity (Wildman–Crippen MR) is 86.9 cm³/mol. The van der Waals surface area contributed by atoms with Gasteiger partial charge in [-0.3, -0.25) is 0 Å². The van der Waals surface area contributed by atoms with E-state index in [1.807, 2.05) is 0 Å². The van der Waals surface area contributed by atoms with E-state index in [1.54, 1.807) is 0 Å². The number of ether oxygens (including phenoxy) is 1. The molecule has 7 nitrogen and oxygen atoms in total. The zero-order valence-electron chi connectivity index (χ0n) is 12.9. The van der Waals surface area contributed by atoms with E-state index in [1.165, 1.54) is 30.6 Å². The Morgan fingerprint density at radius 2 is 1.69 bits per heavy atom. The molecule has 0 aliphatic rings. The summed E-state index contributed by atoms with van der Waals surface area (Å²) in [5.41, 5.74) is 0.785. The number of phenols is 1. The molecule has 0 radical (unpaired) electrons. The van der Waals surface area contributed by atoms with Crippen molar-refractivity contribution >= 4 is 10.0 Å². The summed E-state index contributed by atoms with van der Waals surface area (Å²) in [7, 11) is -4.11. The van der Waals surface area contributed by atoms with Crippen LogP contribution in [-0.2, 0) is 10.0 Å². The number of aromatic nitrogens is 2. The maximum atomic E-state index is 13.6. The van der Waals surface area contributed by atoms with Gasteiger partial charge in [-0.2, -0.15) is 0 Å². The van der Waals surface area contributed by atoms with Crippen LogP contribution in [0.4, 0.5) is 8.78 Å². The topological polar surface area (TPSA) is 115 Å². The van der Waals surface area contributed by atoms with Crippen LogP contribution in [0.25, 0.3) is 11.1 Å². The highest BCUT2D eigenvalue weighted by Gasteiger charge is 2.15. The molecule has 0 bridgehead atoms. The molecule has 0 saturated heterocycles. The van der Waals surface area contributed by atoms with Crippen LogP contribution in [-0.4, -0.2) is 23.5 Å². The average Bonchev–Trinajstić information content (AvgIpc) is 2.57. The third-order valence-electron chi connectivity index (χ3n) is 3.32. The normalized spacial score (nSPS) is 11.3. The number of aromatic hydroxyl groups is 1. The van der Waals surface area contributed by atoms with Gasteiger partial charge in [0.15, 0.2) is 11.6 Å². The number of nitrogens with two attached hydrogens (primary N) is 1. The summed E-state index contributed by atoms with van der Waals surface area (Å²) in [5.74, 6) is -2.39. The molecule has 3 aromatic rings. The molecule has 0 unspecified atom stereocenters. The molecule has 0 aliphatic heterocycles. The van der Waals surface area contributed by atoms with Crippen LogP contribution in [0.5, 0.6) is 17.5 Å². The van der Waals surface area contributed by atoms with Gasteiger partial charge in [-0.05, 0) is 29.8 Å². The second-order valence-corrected chi connectivity index (χ2v) is 6.69.